The van der Waals surface area contributed by atoms with Crippen molar-refractivity contribution in [1.29, 1.82) is 0 Å². The molecule has 0 aromatic carbocycles. The van der Waals surface area contributed by atoms with Gasteiger partial charge in [0.25, 0.3) is 6.04 Å². The van der Waals surface area contributed by atoms with Gasteiger partial charge in [-0.2, -0.15) is 10.1 Å². The fraction of sp³-hybridized carbons (Fsp3) is 0.947. The Balaban J connectivity index is 0.000000550. The van der Waals surface area contributed by atoms with Crippen molar-refractivity contribution in [2.75, 3.05) is 60.4 Å². The fourth-order valence-corrected chi connectivity index (χ4v) is 4.80. The van der Waals surface area contributed by atoms with E-state index >= 15 is 0 Å². The lowest BCUT2D eigenvalue weighted by Gasteiger charge is -2.48. The van der Waals surface area contributed by atoms with Gasteiger partial charge in [-0.05, 0) is 38.6 Å². The van der Waals surface area contributed by atoms with E-state index in [0.29, 0.717) is 6.67 Å². The third kappa shape index (κ3) is 14.2. The summed E-state index contributed by atoms with van der Waals surface area (Å²) in [6.07, 6.45) is 12.0. The fourth-order valence-electron chi connectivity index (χ4n) is 4.80. The second-order valence-corrected chi connectivity index (χ2v) is 8.91. The van der Waals surface area contributed by atoms with E-state index in [-0.39, 0.29) is 0 Å². The highest BCUT2D eigenvalue weighted by atomic mass is 19.5. The Morgan fingerprint density at radius 1 is 0.639 bits per heavy atom. The van der Waals surface area contributed by atoms with E-state index < -0.39 is 14.5 Å². The van der Waals surface area contributed by atoms with Gasteiger partial charge in [-0.3, -0.25) is 9.68 Å². The lowest BCUT2D eigenvalue weighted by Crippen LogP contribution is -2.71. The molecule has 214 valence electrons. The summed E-state index contributed by atoms with van der Waals surface area (Å²) in [6.45, 7) is 6.96. The Labute approximate surface area is 208 Å². The van der Waals surface area contributed by atoms with Gasteiger partial charge in [0.1, 0.15) is 45.9 Å². The summed E-state index contributed by atoms with van der Waals surface area (Å²) in [6, 6.07) is 1.74. The quantitative estimate of drug-likeness (QED) is 0.236. The molecule has 0 aromatic rings. The number of nitrogens with one attached hydrogen (secondary N) is 1. The molecule has 3 fully saturated rings. The monoisotopic (exact) mass is 543 g/mol. The van der Waals surface area contributed by atoms with Crippen molar-refractivity contribution in [3.05, 3.63) is 6.04 Å². The first-order valence-electron chi connectivity index (χ1n) is 12.3. The number of rotatable bonds is 4. The first-order chi connectivity index (χ1) is 16.8. The molecule has 1 unspecified atom stereocenters. The SMILES string of the molecule is CON1CN(OC)CN([N+]2([C+]3CCCCCCC3)CCCCNCC2)C1.F[B-](F)(F)F.F[B-](F)(F)F. The number of nitrogens with zero attached hydrogens (tertiary/aromatic N) is 4. The van der Waals surface area contributed by atoms with E-state index in [1.807, 2.05) is 10.1 Å². The minimum atomic E-state index is -6.00. The van der Waals surface area contributed by atoms with E-state index in [0.717, 1.165) is 37.6 Å². The molecule has 1 atom stereocenters. The molecule has 2 saturated heterocycles. The molecule has 0 bridgehead atoms. The summed E-state index contributed by atoms with van der Waals surface area (Å²) in [4.78, 5) is 11.2. The van der Waals surface area contributed by atoms with Crippen LogP contribution in [0.1, 0.15) is 57.8 Å². The standard InChI is InChI=1S/C19H39N5O2.2BF4/c1-25-22-16-21(17-23(18-22)26-2)24(14-9-8-12-20-13-15-24)19-10-6-4-3-5-7-11-19;2*2-1(3,4)5/h20H,3-18H2,1-2H3;;/q+2;2*-1. The summed E-state index contributed by atoms with van der Waals surface area (Å²) in [7, 11) is -8.47. The number of hydrogen-bond acceptors (Lipinski definition) is 6. The second kappa shape index (κ2) is 16.2. The van der Waals surface area contributed by atoms with Crippen LogP contribution in [0.15, 0.2) is 0 Å². The van der Waals surface area contributed by atoms with Crippen LogP contribution in [0.25, 0.3) is 0 Å². The smallest absolute Gasteiger partial charge is 0.418 e. The van der Waals surface area contributed by atoms with Gasteiger partial charge in [0.2, 0.25) is 0 Å². The Hall–Kier alpha value is -0.840. The first kappa shape index (κ1) is 33.2. The van der Waals surface area contributed by atoms with Crippen LogP contribution in [0.5, 0.6) is 0 Å². The summed E-state index contributed by atoms with van der Waals surface area (Å²) in [5.74, 6) is 0. The normalized spacial score (nSPS) is 26.3. The maximum Gasteiger partial charge on any atom is 0.673 e. The van der Waals surface area contributed by atoms with Gasteiger partial charge in [0.05, 0.1) is 20.8 Å². The highest BCUT2D eigenvalue weighted by Gasteiger charge is 2.54. The third-order valence-corrected chi connectivity index (χ3v) is 6.32. The van der Waals surface area contributed by atoms with Crippen LogP contribution in [0.4, 0.5) is 34.5 Å². The predicted octanol–water partition coefficient (Wildman–Crippen LogP) is 4.89. The lowest BCUT2D eigenvalue weighted by molar-refractivity contribution is -1.03. The van der Waals surface area contributed by atoms with E-state index in [2.05, 4.69) is 10.3 Å². The Bertz CT molecular complexity index is 543. The summed E-state index contributed by atoms with van der Waals surface area (Å²) in [5.41, 5.74) is 0. The van der Waals surface area contributed by atoms with Crippen molar-refractivity contribution in [3.8, 4) is 0 Å². The predicted molar refractivity (Wildman–Crippen MR) is 122 cm³/mol. The Morgan fingerprint density at radius 2 is 1.11 bits per heavy atom. The van der Waals surface area contributed by atoms with E-state index in [9.17, 15) is 34.5 Å². The summed E-state index contributed by atoms with van der Waals surface area (Å²) in [5, 5.41) is 10.2. The molecule has 36 heavy (non-hydrogen) atoms. The maximum atomic E-state index is 9.75. The molecule has 0 aromatic heterocycles. The molecular formula is C19H39B2F8N5O2. The number of quaternary nitrogens is 1. The number of halogens is 8. The molecule has 0 spiro atoms. The molecule has 0 amide bonds. The topological polar surface area (TPSA) is 40.2 Å². The molecule has 3 aliphatic rings. The van der Waals surface area contributed by atoms with Crippen molar-refractivity contribution >= 4 is 14.5 Å². The van der Waals surface area contributed by atoms with Crippen LogP contribution in [-0.2, 0) is 9.68 Å². The van der Waals surface area contributed by atoms with Gasteiger partial charge in [-0.25, -0.2) is 0 Å². The highest BCUT2D eigenvalue weighted by molar-refractivity contribution is 6.50. The minimum absolute atomic E-state index is 0.692. The van der Waals surface area contributed by atoms with Gasteiger partial charge in [-0.1, -0.05) is 16.0 Å². The molecule has 17 heteroatoms. The molecule has 3 rings (SSSR count). The summed E-state index contributed by atoms with van der Waals surface area (Å²) < 4.78 is 79.0. The Kier molecular flexibility index (Phi) is 14.9. The molecule has 2 heterocycles. The Morgan fingerprint density at radius 3 is 1.58 bits per heavy atom. The molecular weight excluding hydrogens is 504 g/mol. The van der Waals surface area contributed by atoms with E-state index in [1.165, 1.54) is 64.3 Å². The molecule has 1 aliphatic carbocycles. The number of hydrogen-bond donors (Lipinski definition) is 1. The van der Waals surface area contributed by atoms with E-state index in [1.54, 1.807) is 20.3 Å². The molecule has 1 saturated carbocycles. The van der Waals surface area contributed by atoms with Crippen molar-refractivity contribution in [1.82, 2.24) is 20.5 Å². The second-order valence-electron chi connectivity index (χ2n) is 8.91. The molecule has 2 aliphatic heterocycles. The first-order valence-corrected chi connectivity index (χ1v) is 12.3. The molecule has 0 radical (unpaired) electrons. The zero-order chi connectivity index (χ0) is 27.2. The zero-order valence-electron chi connectivity index (χ0n) is 21.1. The van der Waals surface area contributed by atoms with Crippen LogP contribution in [-0.4, -0.2) is 94.6 Å². The van der Waals surface area contributed by atoms with Crippen molar-refractivity contribution < 1.29 is 48.8 Å². The number of hydroxylamine groups is 4. The van der Waals surface area contributed by atoms with Crippen LogP contribution >= 0.6 is 0 Å². The maximum absolute atomic E-state index is 9.75. The van der Waals surface area contributed by atoms with Gasteiger partial charge < -0.3 is 39.8 Å². The molecule has 7 nitrogen and oxygen atoms in total. The molecule has 1 N–H and O–H groups in total. The average Bonchev–Trinajstić information content (AvgIpc) is 2.71. The highest BCUT2D eigenvalue weighted by Crippen LogP contribution is 2.37. The van der Waals surface area contributed by atoms with Crippen LogP contribution < -0.4 is 5.32 Å². The van der Waals surface area contributed by atoms with Crippen LogP contribution in [0.3, 0.4) is 0 Å². The van der Waals surface area contributed by atoms with Crippen LogP contribution in [0.2, 0.25) is 0 Å². The average molecular weight is 543 g/mol. The lowest BCUT2D eigenvalue weighted by atomic mass is 9.94. The van der Waals surface area contributed by atoms with Crippen molar-refractivity contribution in [3.63, 3.8) is 0 Å². The minimum Gasteiger partial charge on any atom is -0.418 e. The zero-order valence-corrected chi connectivity index (χ0v) is 21.1. The van der Waals surface area contributed by atoms with Crippen molar-refractivity contribution in [2.24, 2.45) is 0 Å². The van der Waals surface area contributed by atoms with Gasteiger partial charge in [0, 0.05) is 6.42 Å². The largest absolute Gasteiger partial charge is 0.673 e. The van der Waals surface area contributed by atoms with Gasteiger partial charge in [0.15, 0.2) is 0 Å². The van der Waals surface area contributed by atoms with Gasteiger partial charge in [-0.15, -0.1) is 0 Å². The third-order valence-electron chi connectivity index (χ3n) is 6.32. The van der Waals surface area contributed by atoms with Crippen molar-refractivity contribution in [2.45, 2.75) is 57.8 Å². The van der Waals surface area contributed by atoms with Crippen LogP contribution in [0, 0.1) is 6.04 Å². The summed E-state index contributed by atoms with van der Waals surface area (Å²) >= 11 is 0. The van der Waals surface area contributed by atoms with Gasteiger partial charge >= 0.3 is 14.5 Å². The van der Waals surface area contributed by atoms with E-state index in [4.69, 9.17) is 9.68 Å².